The summed E-state index contributed by atoms with van der Waals surface area (Å²) in [5.74, 6) is -4.66. The van der Waals surface area contributed by atoms with Gasteiger partial charge in [0, 0.05) is 31.4 Å². The molecule has 122 valence electrons. The number of nitrogens with zero attached hydrogens (tertiary/aromatic N) is 2. The van der Waals surface area contributed by atoms with Crippen LogP contribution in [0.15, 0.2) is 18.3 Å². The molecule has 1 fully saturated rings. The molecule has 9 heteroatoms. The van der Waals surface area contributed by atoms with Crippen LogP contribution < -0.4 is 0 Å². The maximum Gasteiger partial charge on any atom is 0.407 e. The number of halogens is 5. The van der Waals surface area contributed by atoms with Gasteiger partial charge >= 0.3 is 12.3 Å². The first-order valence-electron chi connectivity index (χ1n) is 6.46. The third-order valence-electron chi connectivity index (χ3n) is 3.52. The molecule has 1 aromatic heterocycles. The van der Waals surface area contributed by atoms with Crippen LogP contribution in [-0.4, -0.2) is 46.3 Å². The molecular weight excluding hydrogens is 311 g/mol. The summed E-state index contributed by atoms with van der Waals surface area (Å²) in [5, 5.41) is 8.90. The number of carboxylic acid groups (broad SMARTS) is 1. The highest BCUT2D eigenvalue weighted by atomic mass is 19.4. The Bertz CT molecular complexity index is 562. The average Bonchev–Trinajstić information content (AvgIpc) is 2.36. The molecule has 0 aliphatic carbocycles. The highest BCUT2D eigenvalue weighted by Gasteiger charge is 2.46. The minimum atomic E-state index is -4.49. The summed E-state index contributed by atoms with van der Waals surface area (Å²) in [6, 6.07) is 2.17. The molecule has 4 nitrogen and oxygen atoms in total. The van der Waals surface area contributed by atoms with Gasteiger partial charge in [-0.2, -0.15) is 13.2 Å². The number of aromatic nitrogens is 1. The van der Waals surface area contributed by atoms with Crippen LogP contribution in [0.3, 0.4) is 0 Å². The maximum atomic E-state index is 14.0. The number of likely N-dealkylation sites (tertiary alicyclic amines) is 1. The second kappa shape index (κ2) is 5.69. The Morgan fingerprint density at radius 3 is 2.73 bits per heavy atom. The Morgan fingerprint density at radius 2 is 2.14 bits per heavy atom. The van der Waals surface area contributed by atoms with Crippen LogP contribution >= 0.6 is 0 Å². The van der Waals surface area contributed by atoms with E-state index in [0.717, 1.165) is 17.2 Å². The molecule has 22 heavy (non-hydrogen) atoms. The highest BCUT2D eigenvalue weighted by molar-refractivity contribution is 5.65. The van der Waals surface area contributed by atoms with Crippen molar-refractivity contribution in [2.24, 2.45) is 0 Å². The lowest BCUT2D eigenvalue weighted by Crippen LogP contribution is -2.47. The van der Waals surface area contributed by atoms with Crippen LogP contribution in [0.4, 0.5) is 26.7 Å². The number of alkyl halides is 5. The molecule has 1 amide bonds. The lowest BCUT2D eigenvalue weighted by Gasteiger charge is -2.37. The van der Waals surface area contributed by atoms with E-state index in [0.29, 0.717) is 0 Å². The Hall–Kier alpha value is -1.93. The van der Waals surface area contributed by atoms with E-state index < -0.39 is 43.5 Å². The maximum absolute atomic E-state index is 14.0. The summed E-state index contributed by atoms with van der Waals surface area (Å²) < 4.78 is 65.1. The lowest BCUT2D eigenvalue weighted by atomic mass is 9.87. The van der Waals surface area contributed by atoms with Gasteiger partial charge in [0.15, 0.2) is 0 Å². The van der Waals surface area contributed by atoms with Gasteiger partial charge in [0.05, 0.1) is 12.3 Å². The van der Waals surface area contributed by atoms with Crippen molar-refractivity contribution >= 4 is 6.09 Å². The quantitative estimate of drug-likeness (QED) is 0.850. The van der Waals surface area contributed by atoms with Crippen LogP contribution in [-0.2, 0) is 6.42 Å². The number of hydrogen-bond donors (Lipinski definition) is 1. The third-order valence-corrected chi connectivity index (χ3v) is 3.52. The molecule has 1 aliphatic rings. The van der Waals surface area contributed by atoms with E-state index in [2.05, 4.69) is 4.98 Å². The number of rotatable bonds is 2. The first kappa shape index (κ1) is 16.4. The van der Waals surface area contributed by atoms with Crippen LogP contribution in [0.2, 0.25) is 0 Å². The Balaban J connectivity index is 2.27. The van der Waals surface area contributed by atoms with Gasteiger partial charge in [-0.15, -0.1) is 0 Å². The Labute approximate surface area is 122 Å². The minimum Gasteiger partial charge on any atom is -0.465 e. The van der Waals surface area contributed by atoms with Gasteiger partial charge in [0.1, 0.15) is 0 Å². The smallest absolute Gasteiger partial charge is 0.407 e. The van der Waals surface area contributed by atoms with Crippen LogP contribution in [0.5, 0.6) is 0 Å². The molecule has 1 aromatic rings. The number of hydrogen-bond acceptors (Lipinski definition) is 2. The van der Waals surface area contributed by atoms with Gasteiger partial charge in [0.2, 0.25) is 0 Å². The van der Waals surface area contributed by atoms with Crippen molar-refractivity contribution in [2.75, 3.05) is 13.1 Å². The molecule has 0 unspecified atom stereocenters. The monoisotopic (exact) mass is 324 g/mol. The number of amides is 1. The number of piperidine rings is 1. The predicted molar refractivity (Wildman–Crippen MR) is 65.9 cm³/mol. The third kappa shape index (κ3) is 3.83. The lowest BCUT2D eigenvalue weighted by molar-refractivity contribution is -0.127. The van der Waals surface area contributed by atoms with E-state index in [1.165, 1.54) is 6.07 Å². The zero-order chi connectivity index (χ0) is 16.5. The Morgan fingerprint density at radius 1 is 1.45 bits per heavy atom. The summed E-state index contributed by atoms with van der Waals surface area (Å²) >= 11 is 0. The van der Waals surface area contributed by atoms with Crippen molar-refractivity contribution in [1.82, 2.24) is 9.88 Å². The zero-order valence-electron chi connectivity index (χ0n) is 11.3. The standard InChI is InChI=1S/C13H13F5N2O2/c14-12(15)2-4-20(11(21)22)7-10(12)8-1-3-19-9(5-8)6-13(16,17)18/h1,3,5,10H,2,4,6-7H2,(H,21,22)/t10-/m1/s1. The summed E-state index contributed by atoms with van der Waals surface area (Å²) in [4.78, 5) is 15.3. The second-order valence-electron chi connectivity index (χ2n) is 5.16. The highest BCUT2D eigenvalue weighted by Crippen LogP contribution is 2.40. The average molecular weight is 324 g/mol. The van der Waals surface area contributed by atoms with E-state index in [4.69, 9.17) is 5.11 Å². The summed E-state index contributed by atoms with van der Waals surface area (Å²) in [5.41, 5.74) is -0.404. The number of pyridine rings is 1. The summed E-state index contributed by atoms with van der Waals surface area (Å²) in [6.45, 7) is -0.767. The van der Waals surface area contributed by atoms with Crippen molar-refractivity contribution in [3.05, 3.63) is 29.6 Å². The Kier molecular flexibility index (Phi) is 4.25. The normalized spacial score (nSPS) is 21.7. The molecule has 0 spiro atoms. The van der Waals surface area contributed by atoms with Gasteiger partial charge in [-0.25, -0.2) is 13.6 Å². The van der Waals surface area contributed by atoms with Crippen molar-refractivity contribution < 1.29 is 31.9 Å². The van der Waals surface area contributed by atoms with E-state index in [1.807, 2.05) is 0 Å². The largest absolute Gasteiger partial charge is 0.465 e. The minimum absolute atomic E-state index is 0.0369. The van der Waals surface area contributed by atoms with E-state index in [9.17, 15) is 26.7 Å². The van der Waals surface area contributed by atoms with Crippen LogP contribution in [0.25, 0.3) is 0 Å². The topological polar surface area (TPSA) is 53.4 Å². The zero-order valence-corrected chi connectivity index (χ0v) is 11.3. The van der Waals surface area contributed by atoms with Crippen LogP contribution in [0, 0.1) is 0 Å². The summed E-state index contributed by atoms with van der Waals surface area (Å²) in [6.07, 6.45) is -6.77. The van der Waals surface area contributed by atoms with E-state index >= 15 is 0 Å². The molecule has 0 radical (unpaired) electrons. The fraction of sp³-hybridized carbons (Fsp3) is 0.538. The first-order valence-corrected chi connectivity index (χ1v) is 6.46. The predicted octanol–water partition coefficient (Wildman–Crippen LogP) is 3.29. The molecule has 0 bridgehead atoms. The van der Waals surface area contributed by atoms with Crippen molar-refractivity contribution in [3.8, 4) is 0 Å². The van der Waals surface area contributed by atoms with Gasteiger partial charge in [-0.05, 0) is 17.7 Å². The van der Waals surface area contributed by atoms with Gasteiger partial charge < -0.3 is 10.0 Å². The fourth-order valence-corrected chi connectivity index (χ4v) is 2.44. The van der Waals surface area contributed by atoms with E-state index in [1.54, 1.807) is 0 Å². The molecule has 1 saturated heterocycles. The fourth-order valence-electron chi connectivity index (χ4n) is 2.44. The van der Waals surface area contributed by atoms with Crippen molar-refractivity contribution in [1.29, 1.82) is 0 Å². The van der Waals surface area contributed by atoms with Crippen molar-refractivity contribution in [3.63, 3.8) is 0 Å². The molecule has 1 aliphatic heterocycles. The molecule has 1 atom stereocenters. The van der Waals surface area contributed by atoms with Gasteiger partial charge in [-0.3, -0.25) is 4.98 Å². The molecular formula is C13H13F5N2O2. The SMILES string of the molecule is O=C(O)N1CCC(F)(F)[C@@H](c2ccnc(CC(F)(F)F)c2)C1. The first-order chi connectivity index (χ1) is 10.1. The van der Waals surface area contributed by atoms with Gasteiger partial charge in [-0.1, -0.05) is 0 Å². The second-order valence-corrected chi connectivity index (χ2v) is 5.16. The van der Waals surface area contributed by atoms with Crippen LogP contribution in [0.1, 0.15) is 23.6 Å². The van der Waals surface area contributed by atoms with Crippen molar-refractivity contribution in [2.45, 2.75) is 30.9 Å². The molecule has 0 saturated carbocycles. The molecule has 2 rings (SSSR count). The molecule has 0 aromatic carbocycles. The van der Waals surface area contributed by atoms with Gasteiger partial charge in [0.25, 0.3) is 5.92 Å². The number of carbonyl (C=O) groups is 1. The molecule has 1 N–H and O–H groups in total. The molecule has 2 heterocycles. The van der Waals surface area contributed by atoms with E-state index in [-0.39, 0.29) is 17.8 Å². The summed E-state index contributed by atoms with van der Waals surface area (Å²) in [7, 11) is 0.